The molecule has 2 aromatic rings. The monoisotopic (exact) mass is 396 g/mol. The Morgan fingerprint density at radius 3 is 2.79 bits per heavy atom. The molecule has 1 aromatic carbocycles. The number of hydrogen-bond acceptors (Lipinski definition) is 5. The van der Waals surface area contributed by atoms with Crippen LogP contribution in [0.15, 0.2) is 24.3 Å². The van der Waals surface area contributed by atoms with Crippen molar-refractivity contribution >= 4 is 5.91 Å². The highest BCUT2D eigenvalue weighted by Crippen LogP contribution is 2.38. The first kappa shape index (κ1) is 19.6. The zero-order valence-corrected chi connectivity index (χ0v) is 17.6. The van der Waals surface area contributed by atoms with E-state index < -0.39 is 0 Å². The smallest absolute Gasteiger partial charge is 0.231 e. The molecule has 6 nitrogen and oxygen atoms in total. The highest BCUT2D eigenvalue weighted by molar-refractivity contribution is 5.77. The molecule has 2 aliphatic rings. The second-order valence-corrected chi connectivity index (χ2v) is 8.49. The number of nitrogens with zero attached hydrogens (tertiary/aromatic N) is 2. The summed E-state index contributed by atoms with van der Waals surface area (Å²) in [5, 5.41) is 0. The Morgan fingerprint density at radius 2 is 2.00 bits per heavy atom. The molecule has 4 rings (SSSR count). The maximum atomic E-state index is 12.7. The summed E-state index contributed by atoms with van der Waals surface area (Å²) in [5.74, 6) is 2.41. The van der Waals surface area contributed by atoms with Gasteiger partial charge in [-0.3, -0.25) is 4.79 Å². The van der Waals surface area contributed by atoms with Crippen LogP contribution in [0.4, 0.5) is 0 Å². The van der Waals surface area contributed by atoms with E-state index in [0.717, 1.165) is 41.2 Å². The fourth-order valence-corrected chi connectivity index (χ4v) is 4.41. The van der Waals surface area contributed by atoms with E-state index in [1.807, 2.05) is 30.9 Å². The lowest BCUT2D eigenvalue weighted by Gasteiger charge is -2.41. The molecular formula is C23H28N2O4. The molecule has 0 N–H and O–H groups in total. The van der Waals surface area contributed by atoms with Gasteiger partial charge in [-0.1, -0.05) is 13.0 Å². The SMILES string of the molecule is COc1nc(C)cc(C)c1CN1C[C@@](C)(Cc2ccc3c(c2)OCO3)CCC1=O. The number of benzene rings is 1. The van der Waals surface area contributed by atoms with Gasteiger partial charge in [0.05, 0.1) is 13.7 Å². The largest absolute Gasteiger partial charge is 0.481 e. The molecule has 0 radical (unpaired) electrons. The number of fused-ring (bicyclic) bond motifs is 1. The number of carbonyl (C=O) groups is 1. The summed E-state index contributed by atoms with van der Waals surface area (Å²) in [7, 11) is 1.63. The number of aryl methyl sites for hydroxylation is 2. The summed E-state index contributed by atoms with van der Waals surface area (Å²) >= 11 is 0. The Labute approximate surface area is 171 Å². The Bertz CT molecular complexity index is 943. The van der Waals surface area contributed by atoms with E-state index >= 15 is 0 Å². The van der Waals surface area contributed by atoms with E-state index in [4.69, 9.17) is 14.2 Å². The Morgan fingerprint density at radius 1 is 1.21 bits per heavy atom. The third-order valence-electron chi connectivity index (χ3n) is 5.92. The number of rotatable bonds is 5. The minimum atomic E-state index is 0.000867. The predicted octanol–water partition coefficient (Wildman–Crippen LogP) is 3.81. The number of pyridine rings is 1. The van der Waals surface area contributed by atoms with Crippen LogP contribution in [0, 0.1) is 19.3 Å². The molecule has 0 bridgehead atoms. The molecule has 29 heavy (non-hydrogen) atoms. The number of piperidine rings is 1. The molecule has 154 valence electrons. The first-order chi connectivity index (χ1) is 13.9. The van der Waals surface area contributed by atoms with Gasteiger partial charge in [0.25, 0.3) is 0 Å². The molecule has 3 heterocycles. The molecule has 0 saturated carbocycles. The number of aromatic nitrogens is 1. The topological polar surface area (TPSA) is 60.9 Å². The van der Waals surface area contributed by atoms with Gasteiger partial charge in [0.15, 0.2) is 11.5 Å². The maximum Gasteiger partial charge on any atom is 0.231 e. The second-order valence-electron chi connectivity index (χ2n) is 8.49. The van der Waals surface area contributed by atoms with Crippen LogP contribution >= 0.6 is 0 Å². The van der Waals surface area contributed by atoms with Crippen molar-refractivity contribution in [1.82, 2.24) is 9.88 Å². The van der Waals surface area contributed by atoms with Gasteiger partial charge in [0.2, 0.25) is 18.6 Å². The molecule has 0 spiro atoms. The van der Waals surface area contributed by atoms with E-state index in [0.29, 0.717) is 25.4 Å². The van der Waals surface area contributed by atoms with Crippen LogP contribution in [0.2, 0.25) is 0 Å². The molecule has 1 aromatic heterocycles. The van der Waals surface area contributed by atoms with Crippen LogP contribution in [-0.4, -0.2) is 36.2 Å². The highest BCUT2D eigenvalue weighted by Gasteiger charge is 2.36. The van der Waals surface area contributed by atoms with Crippen molar-refractivity contribution < 1.29 is 19.0 Å². The standard InChI is InChI=1S/C23H28N2O4/c1-15-9-16(2)24-22(27-4)18(15)12-25-13-23(3,8-7-21(25)26)11-17-5-6-19-20(10-17)29-14-28-19/h5-6,9-10H,7-8,11-14H2,1-4H3/t23-/m1/s1. The van der Waals surface area contributed by atoms with Crippen LogP contribution in [0.3, 0.4) is 0 Å². The van der Waals surface area contributed by atoms with Gasteiger partial charge >= 0.3 is 0 Å². The van der Waals surface area contributed by atoms with Gasteiger partial charge in [-0.25, -0.2) is 4.98 Å². The lowest BCUT2D eigenvalue weighted by Crippen LogP contribution is -2.45. The summed E-state index contributed by atoms with van der Waals surface area (Å²) < 4.78 is 16.4. The first-order valence-corrected chi connectivity index (χ1v) is 10.0. The molecule has 1 fully saturated rings. The van der Waals surface area contributed by atoms with Crippen molar-refractivity contribution in [1.29, 1.82) is 0 Å². The van der Waals surface area contributed by atoms with E-state index in [9.17, 15) is 4.79 Å². The van der Waals surface area contributed by atoms with Crippen molar-refractivity contribution in [3.63, 3.8) is 0 Å². The zero-order valence-electron chi connectivity index (χ0n) is 17.6. The minimum Gasteiger partial charge on any atom is -0.481 e. The number of methoxy groups -OCH3 is 1. The molecular weight excluding hydrogens is 368 g/mol. The molecule has 0 unspecified atom stereocenters. The molecule has 1 amide bonds. The molecule has 1 atom stereocenters. The van der Waals surface area contributed by atoms with E-state index in [1.165, 1.54) is 5.56 Å². The second kappa shape index (κ2) is 7.58. The summed E-state index contributed by atoms with van der Waals surface area (Å²) in [5.41, 5.74) is 4.21. The van der Waals surface area contributed by atoms with Crippen LogP contribution in [0.1, 0.15) is 42.1 Å². The lowest BCUT2D eigenvalue weighted by molar-refractivity contribution is -0.137. The quantitative estimate of drug-likeness (QED) is 0.769. The number of likely N-dealkylation sites (tertiary alicyclic amines) is 1. The number of carbonyl (C=O) groups excluding carboxylic acids is 1. The van der Waals surface area contributed by atoms with Crippen molar-refractivity contribution in [2.45, 2.75) is 46.6 Å². The third-order valence-corrected chi connectivity index (χ3v) is 5.92. The van der Waals surface area contributed by atoms with Gasteiger partial charge in [0.1, 0.15) is 0 Å². The van der Waals surface area contributed by atoms with Crippen molar-refractivity contribution in [2.24, 2.45) is 5.41 Å². The summed E-state index contributed by atoms with van der Waals surface area (Å²) in [6, 6.07) is 8.17. The Hall–Kier alpha value is -2.76. The Kier molecular flexibility index (Phi) is 5.11. The van der Waals surface area contributed by atoms with Crippen LogP contribution in [-0.2, 0) is 17.8 Å². The fourth-order valence-electron chi connectivity index (χ4n) is 4.41. The van der Waals surface area contributed by atoms with Crippen LogP contribution in [0.5, 0.6) is 17.4 Å². The predicted molar refractivity (Wildman–Crippen MR) is 109 cm³/mol. The molecule has 6 heteroatoms. The van der Waals surface area contributed by atoms with E-state index in [-0.39, 0.29) is 18.1 Å². The van der Waals surface area contributed by atoms with Gasteiger partial charge in [-0.2, -0.15) is 0 Å². The lowest BCUT2D eigenvalue weighted by atomic mass is 9.76. The average Bonchev–Trinajstić information content (AvgIpc) is 3.14. The maximum absolute atomic E-state index is 12.7. The van der Waals surface area contributed by atoms with Gasteiger partial charge in [-0.05, 0) is 61.4 Å². The average molecular weight is 396 g/mol. The zero-order chi connectivity index (χ0) is 20.6. The van der Waals surface area contributed by atoms with Gasteiger partial charge < -0.3 is 19.1 Å². The van der Waals surface area contributed by atoms with E-state index in [2.05, 4.69) is 24.0 Å². The number of hydrogen-bond donors (Lipinski definition) is 0. The number of ether oxygens (including phenoxy) is 3. The highest BCUT2D eigenvalue weighted by atomic mass is 16.7. The molecule has 2 aliphatic heterocycles. The Balaban J connectivity index is 1.53. The summed E-state index contributed by atoms with van der Waals surface area (Å²) in [6.07, 6.45) is 2.32. The third kappa shape index (κ3) is 4.02. The van der Waals surface area contributed by atoms with Gasteiger partial charge in [-0.15, -0.1) is 0 Å². The first-order valence-electron chi connectivity index (χ1n) is 10.0. The minimum absolute atomic E-state index is 0.000867. The van der Waals surface area contributed by atoms with Gasteiger partial charge in [0, 0.05) is 24.2 Å². The van der Waals surface area contributed by atoms with Crippen molar-refractivity contribution in [3.05, 3.63) is 46.6 Å². The number of amides is 1. The fraction of sp³-hybridized carbons (Fsp3) is 0.478. The molecule has 1 saturated heterocycles. The van der Waals surface area contributed by atoms with Crippen molar-refractivity contribution in [2.75, 3.05) is 20.4 Å². The normalized spacial score (nSPS) is 20.8. The van der Waals surface area contributed by atoms with E-state index in [1.54, 1.807) is 7.11 Å². The summed E-state index contributed by atoms with van der Waals surface area (Å²) in [6.45, 7) is 7.77. The van der Waals surface area contributed by atoms with Crippen LogP contribution in [0.25, 0.3) is 0 Å². The van der Waals surface area contributed by atoms with Crippen molar-refractivity contribution in [3.8, 4) is 17.4 Å². The van der Waals surface area contributed by atoms with Crippen LogP contribution < -0.4 is 14.2 Å². The summed E-state index contributed by atoms with van der Waals surface area (Å²) in [4.78, 5) is 19.1. The molecule has 0 aliphatic carbocycles.